The predicted octanol–water partition coefficient (Wildman–Crippen LogP) is 2.52. The van der Waals surface area contributed by atoms with Crippen LogP contribution in [-0.4, -0.2) is 27.6 Å². The standard InChI is InChI=1S/C16H16O4S/c1-20-15-6-8-16(9-7-15)21(18,19)11-10-13-2-4-14(12-17)5-3-13/h2-9,12H,10-11H2,1H3. The Bertz CT molecular complexity index is 701. The van der Waals surface area contributed by atoms with Gasteiger partial charge in [0.2, 0.25) is 0 Å². The van der Waals surface area contributed by atoms with Crippen LogP contribution in [0.2, 0.25) is 0 Å². The molecule has 0 bridgehead atoms. The third-order valence-corrected chi connectivity index (χ3v) is 4.93. The van der Waals surface area contributed by atoms with E-state index in [2.05, 4.69) is 0 Å². The lowest BCUT2D eigenvalue weighted by Crippen LogP contribution is -2.09. The second kappa shape index (κ2) is 6.54. The average molecular weight is 304 g/mol. The van der Waals surface area contributed by atoms with E-state index in [9.17, 15) is 13.2 Å². The Hall–Kier alpha value is -2.14. The lowest BCUT2D eigenvalue weighted by Gasteiger charge is -2.06. The molecule has 0 aliphatic rings. The summed E-state index contributed by atoms with van der Waals surface area (Å²) in [6, 6.07) is 13.3. The summed E-state index contributed by atoms with van der Waals surface area (Å²) in [5, 5.41) is 0. The summed E-state index contributed by atoms with van der Waals surface area (Å²) in [6.07, 6.45) is 1.17. The van der Waals surface area contributed by atoms with Gasteiger partial charge in [0, 0.05) is 5.56 Å². The van der Waals surface area contributed by atoms with Crippen LogP contribution in [0.15, 0.2) is 53.4 Å². The fourth-order valence-electron chi connectivity index (χ4n) is 1.92. The number of carbonyl (C=O) groups excluding carboxylic acids is 1. The van der Waals surface area contributed by atoms with E-state index in [0.717, 1.165) is 11.8 Å². The molecule has 0 radical (unpaired) electrons. The van der Waals surface area contributed by atoms with E-state index in [1.165, 1.54) is 7.11 Å². The van der Waals surface area contributed by atoms with Gasteiger partial charge >= 0.3 is 0 Å². The SMILES string of the molecule is COc1ccc(S(=O)(=O)CCc2ccc(C=O)cc2)cc1. The maximum absolute atomic E-state index is 12.2. The molecule has 0 aliphatic heterocycles. The van der Waals surface area contributed by atoms with Crippen molar-refractivity contribution in [2.24, 2.45) is 0 Å². The van der Waals surface area contributed by atoms with E-state index in [4.69, 9.17) is 4.74 Å². The molecule has 0 heterocycles. The van der Waals surface area contributed by atoms with Crippen LogP contribution >= 0.6 is 0 Å². The number of aldehydes is 1. The van der Waals surface area contributed by atoms with E-state index in [1.807, 2.05) is 0 Å². The van der Waals surface area contributed by atoms with Crippen molar-refractivity contribution in [3.63, 3.8) is 0 Å². The Labute approximate surface area is 124 Å². The summed E-state index contributed by atoms with van der Waals surface area (Å²) >= 11 is 0. The molecule has 2 aromatic rings. The van der Waals surface area contributed by atoms with Crippen molar-refractivity contribution in [3.05, 3.63) is 59.7 Å². The molecule has 4 nitrogen and oxygen atoms in total. The van der Waals surface area contributed by atoms with Crippen LogP contribution in [-0.2, 0) is 16.3 Å². The number of methoxy groups -OCH3 is 1. The molecule has 0 fully saturated rings. The highest BCUT2D eigenvalue weighted by atomic mass is 32.2. The first-order valence-electron chi connectivity index (χ1n) is 6.46. The number of rotatable bonds is 6. The van der Waals surface area contributed by atoms with Gasteiger partial charge in [0.05, 0.1) is 17.8 Å². The highest BCUT2D eigenvalue weighted by Crippen LogP contribution is 2.17. The third kappa shape index (κ3) is 3.92. The summed E-state index contributed by atoms with van der Waals surface area (Å²) in [5.41, 5.74) is 1.47. The first kappa shape index (κ1) is 15.3. The fourth-order valence-corrected chi connectivity index (χ4v) is 3.21. The lowest BCUT2D eigenvalue weighted by atomic mass is 10.1. The minimum atomic E-state index is -3.32. The number of hydrogen-bond acceptors (Lipinski definition) is 4. The Morgan fingerprint density at radius 3 is 2.14 bits per heavy atom. The van der Waals surface area contributed by atoms with Gasteiger partial charge in [-0.15, -0.1) is 0 Å². The van der Waals surface area contributed by atoms with Crippen molar-refractivity contribution in [2.45, 2.75) is 11.3 Å². The van der Waals surface area contributed by atoms with Crippen molar-refractivity contribution >= 4 is 16.1 Å². The van der Waals surface area contributed by atoms with Crippen LogP contribution in [0.3, 0.4) is 0 Å². The van der Waals surface area contributed by atoms with Gasteiger partial charge in [0.15, 0.2) is 9.84 Å². The van der Waals surface area contributed by atoms with Crippen LogP contribution in [0, 0.1) is 0 Å². The highest BCUT2D eigenvalue weighted by Gasteiger charge is 2.14. The van der Waals surface area contributed by atoms with Crippen LogP contribution in [0.4, 0.5) is 0 Å². The topological polar surface area (TPSA) is 60.4 Å². The van der Waals surface area contributed by atoms with Crippen molar-refractivity contribution in [3.8, 4) is 5.75 Å². The molecule has 0 aliphatic carbocycles. The van der Waals surface area contributed by atoms with Gasteiger partial charge in [-0.1, -0.05) is 24.3 Å². The largest absolute Gasteiger partial charge is 0.497 e. The van der Waals surface area contributed by atoms with Gasteiger partial charge in [-0.25, -0.2) is 8.42 Å². The van der Waals surface area contributed by atoms with Gasteiger partial charge in [-0.05, 0) is 36.2 Å². The summed E-state index contributed by atoms with van der Waals surface area (Å²) in [4.78, 5) is 10.9. The molecular formula is C16H16O4S. The molecule has 21 heavy (non-hydrogen) atoms. The van der Waals surface area contributed by atoms with E-state index in [-0.39, 0.29) is 10.6 Å². The average Bonchev–Trinajstić information content (AvgIpc) is 2.53. The van der Waals surface area contributed by atoms with Crippen molar-refractivity contribution in [1.82, 2.24) is 0 Å². The first-order chi connectivity index (χ1) is 10.0. The molecule has 0 unspecified atom stereocenters. The molecule has 2 rings (SSSR count). The summed E-state index contributed by atoms with van der Waals surface area (Å²) in [6.45, 7) is 0. The van der Waals surface area contributed by atoms with Crippen LogP contribution in [0.5, 0.6) is 5.75 Å². The van der Waals surface area contributed by atoms with Gasteiger partial charge in [0.25, 0.3) is 0 Å². The Morgan fingerprint density at radius 1 is 1.00 bits per heavy atom. The van der Waals surface area contributed by atoms with Gasteiger partial charge in [-0.2, -0.15) is 0 Å². The Kier molecular flexibility index (Phi) is 4.75. The minimum Gasteiger partial charge on any atom is -0.497 e. The molecule has 0 saturated carbocycles. The molecule has 0 aromatic heterocycles. The van der Waals surface area contributed by atoms with Crippen molar-refractivity contribution in [1.29, 1.82) is 0 Å². The number of sulfone groups is 1. The molecular weight excluding hydrogens is 288 g/mol. The van der Waals surface area contributed by atoms with E-state index >= 15 is 0 Å². The van der Waals surface area contributed by atoms with E-state index in [0.29, 0.717) is 17.7 Å². The smallest absolute Gasteiger partial charge is 0.178 e. The second-order valence-corrected chi connectivity index (χ2v) is 6.71. The zero-order valence-electron chi connectivity index (χ0n) is 11.7. The van der Waals surface area contributed by atoms with Crippen molar-refractivity contribution < 1.29 is 17.9 Å². The monoisotopic (exact) mass is 304 g/mol. The van der Waals surface area contributed by atoms with Gasteiger partial charge in [0.1, 0.15) is 12.0 Å². The molecule has 5 heteroatoms. The van der Waals surface area contributed by atoms with E-state index in [1.54, 1.807) is 48.5 Å². The van der Waals surface area contributed by atoms with Crippen LogP contribution in [0.25, 0.3) is 0 Å². The van der Waals surface area contributed by atoms with E-state index < -0.39 is 9.84 Å². The van der Waals surface area contributed by atoms with Crippen LogP contribution < -0.4 is 4.74 Å². The first-order valence-corrected chi connectivity index (χ1v) is 8.11. The van der Waals surface area contributed by atoms with Crippen LogP contribution in [0.1, 0.15) is 15.9 Å². The maximum atomic E-state index is 12.2. The molecule has 0 atom stereocenters. The number of ether oxygens (including phenoxy) is 1. The van der Waals surface area contributed by atoms with Crippen molar-refractivity contribution in [2.75, 3.05) is 12.9 Å². The normalized spacial score (nSPS) is 11.1. The molecule has 0 amide bonds. The summed E-state index contributed by atoms with van der Waals surface area (Å²) < 4.78 is 29.5. The molecule has 0 N–H and O–H groups in total. The summed E-state index contributed by atoms with van der Waals surface area (Å²) in [5.74, 6) is 0.651. The lowest BCUT2D eigenvalue weighted by molar-refractivity contribution is 0.112. The molecule has 110 valence electrons. The maximum Gasteiger partial charge on any atom is 0.178 e. The molecule has 0 saturated heterocycles. The molecule has 0 spiro atoms. The second-order valence-electron chi connectivity index (χ2n) is 4.60. The van der Waals surface area contributed by atoms with Gasteiger partial charge in [-0.3, -0.25) is 4.79 Å². The Balaban J connectivity index is 2.07. The summed E-state index contributed by atoms with van der Waals surface area (Å²) in [7, 11) is -1.79. The number of aryl methyl sites for hydroxylation is 1. The van der Waals surface area contributed by atoms with Gasteiger partial charge < -0.3 is 4.74 Å². The number of benzene rings is 2. The third-order valence-electron chi connectivity index (χ3n) is 3.19. The fraction of sp³-hybridized carbons (Fsp3) is 0.188. The quantitative estimate of drug-likeness (QED) is 0.769. The zero-order chi connectivity index (χ0) is 15.3. The predicted molar refractivity (Wildman–Crippen MR) is 80.6 cm³/mol. The Morgan fingerprint density at radius 2 is 1.62 bits per heavy atom. The number of carbonyl (C=O) groups is 1. The zero-order valence-corrected chi connectivity index (χ0v) is 12.5. The minimum absolute atomic E-state index is 0.0275. The highest BCUT2D eigenvalue weighted by molar-refractivity contribution is 7.91. The number of hydrogen-bond donors (Lipinski definition) is 0. The molecule has 2 aromatic carbocycles.